The summed E-state index contributed by atoms with van der Waals surface area (Å²) in [5.74, 6) is -0.897. The molecule has 0 amide bonds. The second-order valence-corrected chi connectivity index (χ2v) is 4.44. The van der Waals surface area contributed by atoms with Crippen molar-refractivity contribution < 1.29 is 18.3 Å². The van der Waals surface area contributed by atoms with Gasteiger partial charge < -0.3 is 15.2 Å². The smallest absolute Gasteiger partial charge is 0.220 e. The highest BCUT2D eigenvalue weighted by atomic mass is 35.5. The van der Waals surface area contributed by atoms with Crippen LogP contribution in [0.15, 0.2) is 18.2 Å². The highest BCUT2D eigenvalue weighted by Crippen LogP contribution is 2.34. The van der Waals surface area contributed by atoms with Crippen molar-refractivity contribution in [3.8, 4) is 11.8 Å². The van der Waals surface area contributed by atoms with Crippen LogP contribution in [-0.4, -0.2) is 24.2 Å². The molecule has 1 aromatic carbocycles. The first-order valence-electron chi connectivity index (χ1n) is 5.82. The van der Waals surface area contributed by atoms with Crippen LogP contribution in [0.3, 0.4) is 0 Å². The molecule has 0 aliphatic heterocycles. The molecule has 0 saturated carbocycles. The van der Waals surface area contributed by atoms with E-state index in [-0.39, 0.29) is 33.9 Å². The number of hydrogen-bond acceptors (Lipinski definition) is 5. The van der Waals surface area contributed by atoms with Gasteiger partial charge in [-0.15, -0.1) is 0 Å². The first-order valence-corrected chi connectivity index (χ1v) is 6.20. The van der Waals surface area contributed by atoms with Crippen LogP contribution in [0, 0.1) is 5.82 Å². The summed E-state index contributed by atoms with van der Waals surface area (Å²) in [5, 5.41) is -0.187. The van der Waals surface area contributed by atoms with Crippen LogP contribution in [0.5, 0.6) is 11.8 Å². The molecule has 5 nitrogen and oxygen atoms in total. The fourth-order valence-corrected chi connectivity index (χ4v) is 1.85. The number of benzene rings is 1. The van der Waals surface area contributed by atoms with Crippen LogP contribution < -0.4 is 15.2 Å². The number of anilines is 1. The SMILES string of the molecule is COc1cc(OC)nc(C(F)c2ccc(Cl)c(F)c2N)n1. The molecule has 0 fully saturated rings. The van der Waals surface area contributed by atoms with E-state index in [0.29, 0.717) is 0 Å². The van der Waals surface area contributed by atoms with E-state index in [9.17, 15) is 8.78 Å². The average Bonchev–Trinajstić information content (AvgIpc) is 2.51. The maximum atomic E-state index is 14.5. The number of hydrogen-bond donors (Lipinski definition) is 1. The molecular formula is C13H12ClF2N3O2. The van der Waals surface area contributed by atoms with E-state index in [4.69, 9.17) is 26.8 Å². The summed E-state index contributed by atoms with van der Waals surface area (Å²) >= 11 is 5.58. The highest BCUT2D eigenvalue weighted by molar-refractivity contribution is 6.31. The number of ether oxygens (including phenoxy) is 2. The molecule has 8 heteroatoms. The first-order chi connectivity index (χ1) is 9.97. The third-order valence-corrected chi connectivity index (χ3v) is 3.07. The minimum Gasteiger partial charge on any atom is -0.481 e. The summed E-state index contributed by atoms with van der Waals surface area (Å²) in [5.41, 5.74) is 5.04. The maximum absolute atomic E-state index is 14.5. The Morgan fingerprint density at radius 3 is 2.29 bits per heavy atom. The number of nitrogens with zero attached hydrogens (tertiary/aromatic N) is 2. The van der Waals surface area contributed by atoms with Gasteiger partial charge in [0, 0.05) is 5.56 Å². The summed E-state index contributed by atoms with van der Waals surface area (Å²) in [6, 6.07) is 3.88. The van der Waals surface area contributed by atoms with Crippen LogP contribution in [0.1, 0.15) is 17.6 Å². The van der Waals surface area contributed by atoms with Crippen LogP contribution in [0.25, 0.3) is 0 Å². The van der Waals surface area contributed by atoms with Gasteiger partial charge in [0.15, 0.2) is 17.8 Å². The Bertz CT molecular complexity index is 648. The lowest BCUT2D eigenvalue weighted by molar-refractivity contribution is 0.341. The standard InChI is InChI=1S/C13H12ClF2N3O2/c1-20-8-5-9(21-2)19-13(18-8)10(15)6-3-4-7(14)11(16)12(6)17/h3-5,10H,17H2,1-2H3. The zero-order valence-electron chi connectivity index (χ0n) is 11.2. The molecule has 0 aliphatic rings. The van der Waals surface area contributed by atoms with Crippen LogP contribution in [0.2, 0.25) is 5.02 Å². The molecule has 2 rings (SSSR count). The lowest BCUT2D eigenvalue weighted by Gasteiger charge is -2.13. The van der Waals surface area contributed by atoms with E-state index < -0.39 is 12.0 Å². The lowest BCUT2D eigenvalue weighted by Crippen LogP contribution is -2.08. The lowest BCUT2D eigenvalue weighted by atomic mass is 10.1. The summed E-state index contributed by atoms with van der Waals surface area (Å²) in [7, 11) is 2.74. The van der Waals surface area contributed by atoms with E-state index in [1.165, 1.54) is 32.4 Å². The van der Waals surface area contributed by atoms with Crippen molar-refractivity contribution in [1.82, 2.24) is 9.97 Å². The van der Waals surface area contributed by atoms with E-state index in [2.05, 4.69) is 9.97 Å². The molecule has 0 aliphatic carbocycles. The second-order valence-electron chi connectivity index (χ2n) is 4.04. The van der Waals surface area contributed by atoms with Gasteiger partial charge in [-0.1, -0.05) is 17.7 Å². The van der Waals surface area contributed by atoms with Gasteiger partial charge in [-0.05, 0) is 6.07 Å². The molecule has 1 atom stereocenters. The van der Waals surface area contributed by atoms with Crippen molar-refractivity contribution in [2.24, 2.45) is 0 Å². The maximum Gasteiger partial charge on any atom is 0.220 e. The van der Waals surface area contributed by atoms with Crippen molar-refractivity contribution >= 4 is 17.3 Å². The molecule has 1 aromatic heterocycles. The molecule has 2 N–H and O–H groups in total. The van der Waals surface area contributed by atoms with Crippen molar-refractivity contribution in [3.63, 3.8) is 0 Å². The van der Waals surface area contributed by atoms with E-state index >= 15 is 0 Å². The topological polar surface area (TPSA) is 70.3 Å². The molecule has 0 spiro atoms. The quantitative estimate of drug-likeness (QED) is 0.878. The normalized spacial score (nSPS) is 12.0. The predicted molar refractivity (Wildman–Crippen MR) is 73.9 cm³/mol. The molecule has 2 aromatic rings. The van der Waals surface area contributed by atoms with Crippen LogP contribution in [-0.2, 0) is 0 Å². The summed E-state index contributed by atoms with van der Waals surface area (Å²) in [4.78, 5) is 7.74. The number of halogens is 3. The van der Waals surface area contributed by atoms with Gasteiger partial charge in [-0.3, -0.25) is 0 Å². The number of rotatable bonds is 4. The number of methoxy groups -OCH3 is 2. The number of nitrogens with two attached hydrogens (primary N) is 1. The van der Waals surface area contributed by atoms with Gasteiger partial charge in [0.05, 0.1) is 31.0 Å². The monoisotopic (exact) mass is 315 g/mol. The Hall–Kier alpha value is -2.15. The minimum atomic E-state index is -1.85. The zero-order valence-corrected chi connectivity index (χ0v) is 12.0. The Kier molecular flexibility index (Phi) is 4.42. The van der Waals surface area contributed by atoms with Crippen molar-refractivity contribution in [1.29, 1.82) is 0 Å². The van der Waals surface area contributed by atoms with Gasteiger partial charge >= 0.3 is 0 Å². The Morgan fingerprint density at radius 2 is 1.76 bits per heavy atom. The summed E-state index contributed by atoms with van der Waals surface area (Å²) in [6.45, 7) is 0. The van der Waals surface area contributed by atoms with Crippen LogP contribution >= 0.6 is 11.6 Å². The van der Waals surface area contributed by atoms with Crippen molar-refractivity contribution in [2.75, 3.05) is 20.0 Å². The molecule has 0 radical (unpaired) electrons. The molecule has 112 valence electrons. The molecular weight excluding hydrogens is 304 g/mol. The fraction of sp³-hybridized carbons (Fsp3) is 0.231. The predicted octanol–water partition coefficient (Wildman–Crippen LogP) is 2.93. The average molecular weight is 316 g/mol. The first kappa shape index (κ1) is 15.2. The Labute approximate surface area is 124 Å². The number of alkyl halides is 1. The number of nitrogen functional groups attached to an aromatic ring is 1. The van der Waals surface area contributed by atoms with E-state index in [1.807, 2.05) is 0 Å². The fourth-order valence-electron chi connectivity index (χ4n) is 1.68. The third kappa shape index (κ3) is 2.97. The van der Waals surface area contributed by atoms with Crippen LogP contribution in [0.4, 0.5) is 14.5 Å². The summed E-state index contributed by atoms with van der Waals surface area (Å²) in [6.07, 6.45) is -1.85. The van der Waals surface area contributed by atoms with Gasteiger partial charge in [0.2, 0.25) is 11.8 Å². The zero-order chi connectivity index (χ0) is 15.6. The molecule has 1 unspecified atom stereocenters. The highest BCUT2D eigenvalue weighted by Gasteiger charge is 2.23. The van der Waals surface area contributed by atoms with Gasteiger partial charge in [0.1, 0.15) is 0 Å². The third-order valence-electron chi connectivity index (χ3n) is 2.78. The van der Waals surface area contributed by atoms with Gasteiger partial charge in [-0.2, -0.15) is 9.97 Å². The molecule has 0 bridgehead atoms. The largest absolute Gasteiger partial charge is 0.481 e. The van der Waals surface area contributed by atoms with E-state index in [1.54, 1.807) is 0 Å². The second kappa shape index (κ2) is 6.09. The molecule has 21 heavy (non-hydrogen) atoms. The Morgan fingerprint density at radius 1 is 1.19 bits per heavy atom. The van der Waals surface area contributed by atoms with Gasteiger partial charge in [-0.25, -0.2) is 8.78 Å². The minimum absolute atomic E-state index is 0.118. The molecule has 1 heterocycles. The van der Waals surface area contributed by atoms with E-state index in [0.717, 1.165) is 0 Å². The van der Waals surface area contributed by atoms with Crippen molar-refractivity contribution in [3.05, 3.63) is 40.4 Å². The van der Waals surface area contributed by atoms with Crippen molar-refractivity contribution in [2.45, 2.75) is 6.17 Å². The Balaban J connectivity index is 2.49. The molecule has 0 saturated heterocycles. The van der Waals surface area contributed by atoms with Gasteiger partial charge in [0.25, 0.3) is 0 Å². The summed E-state index contributed by atoms with van der Waals surface area (Å²) < 4.78 is 38.1. The number of aromatic nitrogens is 2.